The van der Waals surface area contributed by atoms with Crippen molar-refractivity contribution in [1.29, 1.82) is 0 Å². The standard InChI is InChI=1S/C18H31NO/c1-7-10-19-13-16(18(3,4)5)12-15-11-14(2)8-9-17(15)20-6/h8-9,11,16,19H,7,10,12-13H2,1-6H3. The zero-order valence-electron chi connectivity index (χ0n) is 14.0. The maximum Gasteiger partial charge on any atom is 0.122 e. The van der Waals surface area contributed by atoms with Gasteiger partial charge in [-0.3, -0.25) is 0 Å². The highest BCUT2D eigenvalue weighted by molar-refractivity contribution is 5.37. The molecule has 1 aromatic rings. The van der Waals surface area contributed by atoms with E-state index in [2.05, 4.69) is 58.1 Å². The van der Waals surface area contributed by atoms with Crippen molar-refractivity contribution in [2.24, 2.45) is 11.3 Å². The van der Waals surface area contributed by atoms with Gasteiger partial charge in [0.2, 0.25) is 0 Å². The zero-order chi connectivity index (χ0) is 15.2. The molecule has 1 atom stereocenters. The summed E-state index contributed by atoms with van der Waals surface area (Å²) >= 11 is 0. The Morgan fingerprint density at radius 2 is 1.95 bits per heavy atom. The Balaban J connectivity index is 2.86. The Bertz CT molecular complexity index is 406. The van der Waals surface area contributed by atoms with Gasteiger partial charge >= 0.3 is 0 Å². The van der Waals surface area contributed by atoms with Crippen LogP contribution in [0.2, 0.25) is 0 Å². The quantitative estimate of drug-likeness (QED) is 0.754. The van der Waals surface area contributed by atoms with Crippen LogP contribution in [0.25, 0.3) is 0 Å². The summed E-state index contributed by atoms with van der Waals surface area (Å²) in [5, 5.41) is 3.57. The third-order valence-electron chi connectivity index (χ3n) is 3.94. The van der Waals surface area contributed by atoms with E-state index >= 15 is 0 Å². The van der Waals surface area contributed by atoms with Gasteiger partial charge in [0, 0.05) is 0 Å². The van der Waals surface area contributed by atoms with E-state index in [1.807, 2.05) is 0 Å². The fraction of sp³-hybridized carbons (Fsp3) is 0.667. The molecule has 1 unspecified atom stereocenters. The number of aryl methyl sites for hydroxylation is 1. The number of hydrogen-bond donors (Lipinski definition) is 1. The highest BCUT2D eigenvalue weighted by Gasteiger charge is 2.25. The van der Waals surface area contributed by atoms with E-state index in [0.29, 0.717) is 5.92 Å². The normalized spacial score (nSPS) is 13.3. The van der Waals surface area contributed by atoms with E-state index < -0.39 is 0 Å². The van der Waals surface area contributed by atoms with E-state index in [9.17, 15) is 0 Å². The molecule has 0 fully saturated rings. The average Bonchev–Trinajstić information content (AvgIpc) is 2.37. The SMILES string of the molecule is CCCNCC(Cc1cc(C)ccc1OC)C(C)(C)C. The number of benzene rings is 1. The number of ether oxygens (including phenoxy) is 1. The molecule has 1 rings (SSSR count). The number of rotatable bonds is 7. The van der Waals surface area contributed by atoms with E-state index in [0.717, 1.165) is 25.3 Å². The van der Waals surface area contributed by atoms with Crippen LogP contribution in [0.4, 0.5) is 0 Å². The molecule has 0 amide bonds. The van der Waals surface area contributed by atoms with E-state index in [-0.39, 0.29) is 5.41 Å². The molecule has 2 nitrogen and oxygen atoms in total. The summed E-state index contributed by atoms with van der Waals surface area (Å²) in [6.07, 6.45) is 2.25. The van der Waals surface area contributed by atoms with Crippen molar-refractivity contribution in [1.82, 2.24) is 5.32 Å². The number of methoxy groups -OCH3 is 1. The minimum absolute atomic E-state index is 0.287. The summed E-state index contributed by atoms with van der Waals surface area (Å²) in [6.45, 7) is 13.5. The van der Waals surface area contributed by atoms with Gasteiger partial charge in [-0.1, -0.05) is 45.4 Å². The van der Waals surface area contributed by atoms with Crippen LogP contribution < -0.4 is 10.1 Å². The first-order chi connectivity index (χ1) is 9.38. The fourth-order valence-electron chi connectivity index (χ4n) is 2.47. The number of nitrogens with one attached hydrogen (secondary N) is 1. The molecule has 2 heteroatoms. The van der Waals surface area contributed by atoms with Crippen molar-refractivity contribution in [2.45, 2.75) is 47.5 Å². The van der Waals surface area contributed by atoms with E-state index in [4.69, 9.17) is 4.74 Å². The minimum Gasteiger partial charge on any atom is -0.496 e. The molecule has 114 valence electrons. The molecule has 20 heavy (non-hydrogen) atoms. The second-order valence-electron chi connectivity index (χ2n) is 6.79. The summed E-state index contributed by atoms with van der Waals surface area (Å²) in [4.78, 5) is 0. The fourth-order valence-corrected chi connectivity index (χ4v) is 2.47. The van der Waals surface area contributed by atoms with Crippen molar-refractivity contribution < 1.29 is 4.74 Å². The van der Waals surface area contributed by atoms with Crippen LogP contribution in [0.15, 0.2) is 18.2 Å². The first-order valence-corrected chi connectivity index (χ1v) is 7.72. The molecule has 0 aliphatic rings. The first kappa shape index (κ1) is 17.0. The van der Waals surface area contributed by atoms with Crippen LogP contribution in [-0.2, 0) is 6.42 Å². The van der Waals surface area contributed by atoms with Crippen LogP contribution in [0.1, 0.15) is 45.2 Å². The predicted octanol–water partition coefficient (Wildman–Crippen LogP) is 4.21. The largest absolute Gasteiger partial charge is 0.496 e. The van der Waals surface area contributed by atoms with E-state index in [1.165, 1.54) is 17.5 Å². The molecule has 1 N–H and O–H groups in total. The molecular weight excluding hydrogens is 246 g/mol. The van der Waals surface area contributed by atoms with Gasteiger partial charge in [0.25, 0.3) is 0 Å². The van der Waals surface area contributed by atoms with Crippen LogP contribution in [-0.4, -0.2) is 20.2 Å². The van der Waals surface area contributed by atoms with Crippen LogP contribution in [0.3, 0.4) is 0 Å². The second kappa shape index (κ2) is 7.68. The highest BCUT2D eigenvalue weighted by atomic mass is 16.5. The van der Waals surface area contributed by atoms with Crippen molar-refractivity contribution >= 4 is 0 Å². The summed E-state index contributed by atoms with van der Waals surface area (Å²) in [5.74, 6) is 1.62. The van der Waals surface area contributed by atoms with Crippen LogP contribution >= 0.6 is 0 Å². The van der Waals surface area contributed by atoms with Gasteiger partial charge in [0.05, 0.1) is 7.11 Å². The average molecular weight is 277 g/mol. The molecule has 0 aromatic heterocycles. The van der Waals surface area contributed by atoms with Crippen molar-refractivity contribution in [2.75, 3.05) is 20.2 Å². The molecular formula is C18H31NO. The summed E-state index contributed by atoms with van der Waals surface area (Å²) < 4.78 is 5.52. The number of hydrogen-bond acceptors (Lipinski definition) is 2. The van der Waals surface area contributed by atoms with Crippen LogP contribution in [0.5, 0.6) is 5.75 Å². The predicted molar refractivity (Wildman–Crippen MR) is 87.5 cm³/mol. The molecule has 0 heterocycles. The second-order valence-corrected chi connectivity index (χ2v) is 6.79. The smallest absolute Gasteiger partial charge is 0.122 e. The monoisotopic (exact) mass is 277 g/mol. The Kier molecular flexibility index (Phi) is 6.54. The molecule has 0 bridgehead atoms. The Morgan fingerprint density at radius 3 is 2.50 bits per heavy atom. The lowest BCUT2D eigenvalue weighted by atomic mass is 9.77. The maximum atomic E-state index is 5.52. The van der Waals surface area contributed by atoms with Crippen molar-refractivity contribution in [3.63, 3.8) is 0 Å². The van der Waals surface area contributed by atoms with Gasteiger partial charge < -0.3 is 10.1 Å². The van der Waals surface area contributed by atoms with Gasteiger partial charge in [-0.15, -0.1) is 0 Å². The highest BCUT2D eigenvalue weighted by Crippen LogP contribution is 2.32. The molecule has 0 spiro atoms. The molecule has 0 saturated heterocycles. The van der Waals surface area contributed by atoms with Crippen molar-refractivity contribution in [3.05, 3.63) is 29.3 Å². The summed E-state index contributed by atoms with van der Waals surface area (Å²) in [5.41, 5.74) is 2.91. The van der Waals surface area contributed by atoms with Gasteiger partial charge in [-0.05, 0) is 55.8 Å². The lowest BCUT2D eigenvalue weighted by Gasteiger charge is -2.31. The van der Waals surface area contributed by atoms with Crippen LogP contribution in [0, 0.1) is 18.3 Å². The Morgan fingerprint density at radius 1 is 1.25 bits per heavy atom. The zero-order valence-corrected chi connectivity index (χ0v) is 14.0. The van der Waals surface area contributed by atoms with Gasteiger partial charge in [-0.25, -0.2) is 0 Å². The van der Waals surface area contributed by atoms with Crippen molar-refractivity contribution in [3.8, 4) is 5.75 Å². The summed E-state index contributed by atoms with van der Waals surface area (Å²) in [7, 11) is 1.76. The maximum absolute atomic E-state index is 5.52. The minimum atomic E-state index is 0.287. The van der Waals surface area contributed by atoms with Gasteiger partial charge in [0.1, 0.15) is 5.75 Å². The first-order valence-electron chi connectivity index (χ1n) is 7.72. The third-order valence-corrected chi connectivity index (χ3v) is 3.94. The third kappa shape index (κ3) is 5.16. The molecule has 0 aliphatic carbocycles. The van der Waals surface area contributed by atoms with E-state index in [1.54, 1.807) is 7.11 Å². The Hall–Kier alpha value is -1.02. The topological polar surface area (TPSA) is 21.3 Å². The van der Waals surface area contributed by atoms with Gasteiger partial charge in [-0.2, -0.15) is 0 Å². The molecule has 0 radical (unpaired) electrons. The lowest BCUT2D eigenvalue weighted by molar-refractivity contribution is 0.229. The lowest BCUT2D eigenvalue weighted by Crippen LogP contribution is -2.33. The molecule has 1 aromatic carbocycles. The summed E-state index contributed by atoms with van der Waals surface area (Å²) in [6, 6.07) is 6.46. The molecule has 0 aliphatic heterocycles. The Labute approximate surface area is 124 Å². The van der Waals surface area contributed by atoms with Gasteiger partial charge in [0.15, 0.2) is 0 Å². The molecule has 0 saturated carbocycles.